The summed E-state index contributed by atoms with van der Waals surface area (Å²) in [5.74, 6) is -0.0380. The molecule has 0 saturated heterocycles. The van der Waals surface area contributed by atoms with Crippen molar-refractivity contribution in [2.75, 3.05) is 23.3 Å². The van der Waals surface area contributed by atoms with E-state index in [1.54, 1.807) is 50.2 Å². The van der Waals surface area contributed by atoms with Gasteiger partial charge < -0.3 is 15.2 Å². The van der Waals surface area contributed by atoms with Crippen molar-refractivity contribution in [3.63, 3.8) is 0 Å². The van der Waals surface area contributed by atoms with Crippen LogP contribution in [0.5, 0.6) is 5.75 Å². The maximum Gasteiger partial charge on any atom is 0.343 e. The van der Waals surface area contributed by atoms with Crippen LogP contribution in [0.1, 0.15) is 29.9 Å². The largest absolute Gasteiger partial charge is 0.494 e. The monoisotopic (exact) mass is 532 g/mol. The summed E-state index contributed by atoms with van der Waals surface area (Å²) < 4.78 is 40.2. The standard InChI is InChI=1S/C28H28N4O5S/c1-4-36-23-15-13-22(14-16-23)32(38(34,35)24-17-11-21(29)12-18-24)27-25(28(33)37-5-2)19(3)30-26(31-27)20-9-7-6-8-10-20/h6-18H,4-5,29H2,1-3H3. The number of ether oxygens (including phenoxy) is 2. The highest BCUT2D eigenvalue weighted by molar-refractivity contribution is 7.93. The van der Waals surface area contributed by atoms with Crippen molar-refractivity contribution < 1.29 is 22.7 Å². The summed E-state index contributed by atoms with van der Waals surface area (Å²) in [5, 5.41) is 0. The van der Waals surface area contributed by atoms with Crippen molar-refractivity contribution in [1.82, 2.24) is 9.97 Å². The van der Waals surface area contributed by atoms with Crippen LogP contribution in [-0.4, -0.2) is 37.6 Å². The number of hydrogen-bond acceptors (Lipinski definition) is 8. The SMILES string of the molecule is CCOC(=O)c1c(C)nc(-c2ccccc2)nc1N(c1ccc(OCC)cc1)S(=O)(=O)c1ccc(N)cc1. The minimum absolute atomic E-state index is 0.0343. The number of rotatable bonds is 9. The number of aryl methyl sites for hydroxylation is 1. The van der Waals surface area contributed by atoms with Crippen molar-refractivity contribution in [3.05, 3.63) is 90.1 Å². The molecule has 4 aromatic rings. The summed E-state index contributed by atoms with van der Waals surface area (Å²) in [6.45, 7) is 5.68. The summed E-state index contributed by atoms with van der Waals surface area (Å²) >= 11 is 0. The zero-order valence-electron chi connectivity index (χ0n) is 21.3. The van der Waals surface area contributed by atoms with Gasteiger partial charge in [-0.15, -0.1) is 0 Å². The molecule has 0 bridgehead atoms. The molecular weight excluding hydrogens is 504 g/mol. The van der Waals surface area contributed by atoms with E-state index >= 15 is 0 Å². The lowest BCUT2D eigenvalue weighted by molar-refractivity contribution is 0.0525. The number of carbonyl (C=O) groups is 1. The molecular formula is C28H28N4O5S. The molecule has 0 aliphatic rings. The number of esters is 1. The Balaban J connectivity index is 2.03. The summed E-state index contributed by atoms with van der Waals surface area (Å²) in [5.41, 5.74) is 7.34. The fourth-order valence-electron chi connectivity index (χ4n) is 3.83. The van der Waals surface area contributed by atoms with E-state index in [4.69, 9.17) is 15.2 Å². The number of anilines is 3. The van der Waals surface area contributed by atoms with Crippen LogP contribution in [0.15, 0.2) is 83.8 Å². The van der Waals surface area contributed by atoms with Gasteiger partial charge >= 0.3 is 5.97 Å². The van der Waals surface area contributed by atoms with Crippen LogP contribution in [0.4, 0.5) is 17.2 Å². The maximum atomic E-state index is 14.2. The molecule has 2 N–H and O–H groups in total. The number of hydrogen-bond donors (Lipinski definition) is 1. The summed E-state index contributed by atoms with van der Waals surface area (Å²) in [6, 6.07) is 21.4. The van der Waals surface area contributed by atoms with Crippen molar-refractivity contribution in [1.29, 1.82) is 0 Å². The van der Waals surface area contributed by atoms with E-state index in [1.165, 1.54) is 24.3 Å². The molecule has 0 aliphatic heterocycles. The van der Waals surface area contributed by atoms with Crippen molar-refractivity contribution in [3.8, 4) is 17.1 Å². The molecule has 0 radical (unpaired) electrons. The molecule has 3 aromatic carbocycles. The molecule has 1 heterocycles. The topological polar surface area (TPSA) is 125 Å². The molecule has 0 fully saturated rings. The normalized spacial score (nSPS) is 11.1. The lowest BCUT2D eigenvalue weighted by atomic mass is 10.1. The van der Waals surface area contributed by atoms with Gasteiger partial charge in [-0.05, 0) is 69.3 Å². The smallest absolute Gasteiger partial charge is 0.343 e. The zero-order valence-corrected chi connectivity index (χ0v) is 22.1. The van der Waals surface area contributed by atoms with E-state index in [9.17, 15) is 13.2 Å². The fraction of sp³-hybridized carbons (Fsp3) is 0.179. The Kier molecular flexibility index (Phi) is 7.92. The molecule has 0 aliphatic carbocycles. The zero-order chi connectivity index (χ0) is 27.3. The first kappa shape index (κ1) is 26.6. The lowest BCUT2D eigenvalue weighted by Crippen LogP contribution is -2.30. The summed E-state index contributed by atoms with van der Waals surface area (Å²) in [7, 11) is -4.30. The first-order chi connectivity index (χ1) is 18.3. The average molecular weight is 533 g/mol. The van der Waals surface area contributed by atoms with Gasteiger partial charge in [-0.25, -0.2) is 27.5 Å². The van der Waals surface area contributed by atoms with E-state index in [1.807, 2.05) is 25.1 Å². The molecule has 9 nitrogen and oxygen atoms in total. The third-order valence-corrected chi connectivity index (χ3v) is 7.31. The first-order valence-corrected chi connectivity index (χ1v) is 13.4. The van der Waals surface area contributed by atoms with E-state index in [0.29, 0.717) is 23.6 Å². The van der Waals surface area contributed by atoms with Crippen molar-refractivity contribution >= 4 is 33.2 Å². The van der Waals surface area contributed by atoms with Gasteiger partial charge in [-0.1, -0.05) is 30.3 Å². The minimum atomic E-state index is -4.30. The maximum absolute atomic E-state index is 14.2. The highest BCUT2D eigenvalue weighted by Gasteiger charge is 2.34. The van der Waals surface area contributed by atoms with Crippen LogP contribution < -0.4 is 14.8 Å². The van der Waals surface area contributed by atoms with Crippen LogP contribution in [0.2, 0.25) is 0 Å². The van der Waals surface area contributed by atoms with Crippen LogP contribution in [0.3, 0.4) is 0 Å². The lowest BCUT2D eigenvalue weighted by Gasteiger charge is -2.26. The Labute approximate surface area is 221 Å². The number of aromatic nitrogens is 2. The number of benzene rings is 3. The van der Waals surface area contributed by atoms with Gasteiger partial charge in [0.25, 0.3) is 10.0 Å². The minimum Gasteiger partial charge on any atom is -0.494 e. The van der Waals surface area contributed by atoms with Gasteiger partial charge in [0, 0.05) is 11.3 Å². The van der Waals surface area contributed by atoms with E-state index in [2.05, 4.69) is 9.97 Å². The molecule has 196 valence electrons. The number of nitrogen functional groups attached to an aromatic ring is 1. The quantitative estimate of drug-likeness (QED) is 0.232. The Morgan fingerprint density at radius 1 is 0.895 bits per heavy atom. The first-order valence-electron chi connectivity index (χ1n) is 12.0. The third kappa shape index (κ3) is 5.45. The van der Waals surface area contributed by atoms with Gasteiger partial charge in [-0.2, -0.15) is 0 Å². The number of nitrogens with two attached hydrogens (primary N) is 1. The van der Waals surface area contributed by atoms with Gasteiger partial charge in [-0.3, -0.25) is 0 Å². The number of carbonyl (C=O) groups excluding carboxylic acids is 1. The summed E-state index contributed by atoms with van der Waals surface area (Å²) in [4.78, 5) is 22.3. The van der Waals surface area contributed by atoms with E-state index < -0.39 is 16.0 Å². The third-order valence-electron chi connectivity index (χ3n) is 5.58. The second-order valence-electron chi connectivity index (χ2n) is 8.18. The number of sulfonamides is 1. The van der Waals surface area contributed by atoms with Crippen LogP contribution in [0, 0.1) is 6.92 Å². The van der Waals surface area contributed by atoms with Crippen molar-refractivity contribution in [2.24, 2.45) is 0 Å². The highest BCUT2D eigenvalue weighted by atomic mass is 32.2. The fourth-order valence-corrected chi connectivity index (χ4v) is 5.28. The van der Waals surface area contributed by atoms with Gasteiger partial charge in [0.2, 0.25) is 0 Å². The Morgan fingerprint density at radius 2 is 1.55 bits per heavy atom. The molecule has 38 heavy (non-hydrogen) atoms. The van der Waals surface area contributed by atoms with Gasteiger partial charge in [0.15, 0.2) is 11.6 Å². The molecule has 0 unspecified atom stereocenters. The predicted molar refractivity (Wildman–Crippen MR) is 146 cm³/mol. The van der Waals surface area contributed by atoms with E-state index in [0.717, 1.165) is 4.31 Å². The second kappa shape index (κ2) is 11.3. The Hall–Kier alpha value is -4.44. The van der Waals surface area contributed by atoms with Crippen molar-refractivity contribution in [2.45, 2.75) is 25.7 Å². The molecule has 4 rings (SSSR count). The van der Waals surface area contributed by atoms with E-state index in [-0.39, 0.29) is 40.1 Å². The summed E-state index contributed by atoms with van der Waals surface area (Å²) in [6.07, 6.45) is 0. The highest BCUT2D eigenvalue weighted by Crippen LogP contribution is 2.37. The average Bonchev–Trinajstić information content (AvgIpc) is 2.90. The molecule has 0 spiro atoms. The van der Waals surface area contributed by atoms with Gasteiger partial charge in [0.1, 0.15) is 11.3 Å². The molecule has 10 heteroatoms. The van der Waals surface area contributed by atoms with Crippen LogP contribution in [-0.2, 0) is 14.8 Å². The van der Waals surface area contributed by atoms with Crippen LogP contribution in [0.25, 0.3) is 11.4 Å². The van der Waals surface area contributed by atoms with Gasteiger partial charge in [0.05, 0.1) is 29.5 Å². The number of nitrogens with zero attached hydrogens (tertiary/aromatic N) is 3. The molecule has 0 saturated carbocycles. The Morgan fingerprint density at radius 3 is 2.16 bits per heavy atom. The van der Waals surface area contributed by atoms with Crippen LogP contribution >= 0.6 is 0 Å². The predicted octanol–water partition coefficient (Wildman–Crippen LogP) is 5.14. The molecule has 1 aromatic heterocycles. The Bertz CT molecular complexity index is 1520. The molecule has 0 atom stereocenters. The molecule has 0 amide bonds. The second-order valence-corrected chi connectivity index (χ2v) is 9.97.